The second-order valence-corrected chi connectivity index (χ2v) is 9.45. The number of hydrogen-bond acceptors (Lipinski definition) is 5. The van der Waals surface area contributed by atoms with Crippen LogP contribution >= 0.6 is 23.5 Å². The minimum Gasteiger partial charge on any atom is -0.323 e. The lowest BCUT2D eigenvalue weighted by atomic mass is 10.2. The first-order chi connectivity index (χ1) is 9.88. The fraction of sp³-hybridized carbons (Fsp3) is 0.500. The Bertz CT molecular complexity index is 598. The van der Waals surface area contributed by atoms with Crippen molar-refractivity contribution in [3.8, 4) is 0 Å². The summed E-state index contributed by atoms with van der Waals surface area (Å²) in [6.07, 6.45) is 1.21. The number of sulfone groups is 1. The van der Waals surface area contributed by atoms with Crippen molar-refractivity contribution in [2.75, 3.05) is 30.1 Å². The normalized spacial score (nSPS) is 19.5. The molecule has 1 heterocycles. The zero-order chi connectivity index (χ0) is 15.5. The van der Waals surface area contributed by atoms with Gasteiger partial charge >= 0.3 is 0 Å². The molecule has 0 radical (unpaired) electrons. The molecule has 116 valence electrons. The van der Waals surface area contributed by atoms with E-state index in [1.807, 2.05) is 31.2 Å². The van der Waals surface area contributed by atoms with Crippen LogP contribution in [0.4, 0.5) is 0 Å². The van der Waals surface area contributed by atoms with E-state index in [-0.39, 0.29) is 11.7 Å². The summed E-state index contributed by atoms with van der Waals surface area (Å²) >= 11 is 3.04. The summed E-state index contributed by atoms with van der Waals surface area (Å²) in [6.45, 7) is 2.53. The third kappa shape index (κ3) is 4.66. The van der Waals surface area contributed by atoms with E-state index in [0.29, 0.717) is 12.3 Å². The van der Waals surface area contributed by atoms with Crippen LogP contribution in [-0.2, 0) is 14.6 Å². The lowest BCUT2D eigenvalue weighted by Gasteiger charge is -2.34. The molecule has 1 aliphatic rings. The van der Waals surface area contributed by atoms with Crippen molar-refractivity contribution in [2.24, 2.45) is 0 Å². The average Bonchev–Trinajstić information content (AvgIpc) is 2.45. The predicted molar refractivity (Wildman–Crippen MR) is 89.6 cm³/mol. The Labute approximate surface area is 134 Å². The summed E-state index contributed by atoms with van der Waals surface area (Å²) < 4.78 is 23.6. The van der Waals surface area contributed by atoms with Crippen LogP contribution in [0.1, 0.15) is 5.56 Å². The van der Waals surface area contributed by atoms with Gasteiger partial charge < -0.3 is 4.90 Å². The van der Waals surface area contributed by atoms with Crippen molar-refractivity contribution in [1.82, 2.24) is 4.90 Å². The monoisotopic (exact) mass is 345 g/mol. The van der Waals surface area contributed by atoms with Crippen LogP contribution in [-0.4, -0.2) is 54.7 Å². The van der Waals surface area contributed by atoms with E-state index in [2.05, 4.69) is 0 Å². The van der Waals surface area contributed by atoms with Crippen molar-refractivity contribution >= 4 is 39.3 Å². The zero-order valence-electron chi connectivity index (χ0n) is 12.1. The van der Waals surface area contributed by atoms with Gasteiger partial charge in [-0.15, -0.1) is 11.8 Å². The van der Waals surface area contributed by atoms with Crippen LogP contribution in [0.15, 0.2) is 29.2 Å². The molecule has 1 saturated heterocycles. The van der Waals surface area contributed by atoms with Gasteiger partial charge in [0.05, 0.1) is 5.75 Å². The standard InChI is InChI=1S/C14H19NO3S3/c1-11-3-5-12(6-4-11)20-9-13(16)15-7-8-19-10-14(15)21(2,17)18/h3-6,14H,7-10H2,1-2H3/t14-/m0/s1. The summed E-state index contributed by atoms with van der Waals surface area (Å²) in [5.41, 5.74) is 1.18. The number of hydrogen-bond donors (Lipinski definition) is 0. The van der Waals surface area contributed by atoms with Crippen LogP contribution in [0.25, 0.3) is 0 Å². The van der Waals surface area contributed by atoms with Gasteiger partial charge in [0.25, 0.3) is 0 Å². The minimum atomic E-state index is -3.23. The van der Waals surface area contributed by atoms with Crippen LogP contribution < -0.4 is 0 Å². The maximum atomic E-state index is 12.3. The quantitative estimate of drug-likeness (QED) is 0.782. The van der Waals surface area contributed by atoms with E-state index < -0.39 is 15.2 Å². The summed E-state index contributed by atoms with van der Waals surface area (Å²) in [5.74, 6) is 1.45. The number of nitrogens with zero attached hydrogens (tertiary/aromatic N) is 1. The van der Waals surface area contributed by atoms with Gasteiger partial charge in [0, 0.05) is 29.2 Å². The molecule has 1 atom stereocenters. The Kier molecular flexibility index (Phi) is 5.62. The SMILES string of the molecule is Cc1ccc(SCC(=O)N2CCSC[C@@H]2S(C)(=O)=O)cc1. The van der Waals surface area contributed by atoms with E-state index in [1.54, 1.807) is 11.8 Å². The topological polar surface area (TPSA) is 54.5 Å². The van der Waals surface area contributed by atoms with Crippen molar-refractivity contribution in [1.29, 1.82) is 0 Å². The number of rotatable bonds is 4. The maximum Gasteiger partial charge on any atom is 0.234 e. The summed E-state index contributed by atoms with van der Waals surface area (Å²) in [4.78, 5) is 14.9. The largest absolute Gasteiger partial charge is 0.323 e. The first-order valence-electron chi connectivity index (χ1n) is 6.63. The van der Waals surface area contributed by atoms with Gasteiger partial charge in [-0.25, -0.2) is 8.42 Å². The van der Waals surface area contributed by atoms with Gasteiger partial charge in [-0.05, 0) is 19.1 Å². The smallest absolute Gasteiger partial charge is 0.234 e. The molecule has 0 saturated carbocycles. The molecular formula is C14H19NO3S3. The van der Waals surface area contributed by atoms with Crippen molar-refractivity contribution in [3.05, 3.63) is 29.8 Å². The molecule has 1 aliphatic heterocycles. The van der Waals surface area contributed by atoms with Crippen molar-refractivity contribution in [3.63, 3.8) is 0 Å². The molecule has 4 nitrogen and oxygen atoms in total. The minimum absolute atomic E-state index is 0.101. The Balaban J connectivity index is 1.99. The molecule has 2 rings (SSSR count). The molecule has 0 spiro atoms. The molecule has 21 heavy (non-hydrogen) atoms. The third-order valence-electron chi connectivity index (χ3n) is 3.28. The lowest BCUT2D eigenvalue weighted by Crippen LogP contribution is -2.50. The highest BCUT2D eigenvalue weighted by molar-refractivity contribution is 8.01. The maximum absolute atomic E-state index is 12.3. The highest BCUT2D eigenvalue weighted by Gasteiger charge is 2.33. The first kappa shape index (κ1) is 16.7. The van der Waals surface area contributed by atoms with E-state index in [0.717, 1.165) is 10.6 Å². The number of benzene rings is 1. The predicted octanol–water partition coefficient (Wildman–Crippen LogP) is 2.03. The molecule has 7 heteroatoms. The highest BCUT2D eigenvalue weighted by atomic mass is 32.2. The Morgan fingerprint density at radius 3 is 2.67 bits per heavy atom. The van der Waals surface area contributed by atoms with Crippen LogP contribution in [0, 0.1) is 6.92 Å². The molecule has 0 aromatic heterocycles. The molecule has 1 fully saturated rings. The third-order valence-corrected chi connectivity index (χ3v) is 6.92. The van der Waals surface area contributed by atoms with E-state index in [4.69, 9.17) is 0 Å². The molecule has 1 amide bonds. The van der Waals surface area contributed by atoms with Crippen molar-refractivity contribution in [2.45, 2.75) is 17.2 Å². The lowest BCUT2D eigenvalue weighted by molar-refractivity contribution is -0.128. The number of aryl methyl sites for hydroxylation is 1. The van der Waals surface area contributed by atoms with Gasteiger partial charge in [-0.3, -0.25) is 4.79 Å². The molecule has 1 aromatic rings. The molecule has 0 bridgehead atoms. The van der Waals surface area contributed by atoms with E-state index in [9.17, 15) is 13.2 Å². The van der Waals surface area contributed by atoms with Gasteiger partial charge in [0.2, 0.25) is 5.91 Å². The van der Waals surface area contributed by atoms with Gasteiger partial charge in [-0.2, -0.15) is 11.8 Å². The Hall–Kier alpha value is -0.660. The fourth-order valence-electron chi connectivity index (χ4n) is 2.08. The molecule has 0 aliphatic carbocycles. The van der Waals surface area contributed by atoms with Gasteiger partial charge in [0.1, 0.15) is 5.37 Å². The van der Waals surface area contributed by atoms with Crippen LogP contribution in [0.3, 0.4) is 0 Å². The summed E-state index contributed by atoms with van der Waals surface area (Å²) in [6, 6.07) is 7.97. The van der Waals surface area contributed by atoms with Crippen molar-refractivity contribution < 1.29 is 13.2 Å². The fourth-order valence-corrected chi connectivity index (χ4v) is 5.70. The molecular weight excluding hydrogens is 326 g/mol. The van der Waals surface area contributed by atoms with Gasteiger partial charge in [0.15, 0.2) is 9.84 Å². The number of thioether (sulfide) groups is 2. The summed E-state index contributed by atoms with van der Waals surface area (Å²) in [7, 11) is -3.23. The van der Waals surface area contributed by atoms with E-state index in [1.165, 1.54) is 28.5 Å². The van der Waals surface area contributed by atoms with Gasteiger partial charge in [-0.1, -0.05) is 17.7 Å². The number of carbonyl (C=O) groups is 1. The second kappa shape index (κ2) is 7.07. The summed E-state index contributed by atoms with van der Waals surface area (Å²) in [5, 5.41) is -0.678. The Morgan fingerprint density at radius 2 is 2.05 bits per heavy atom. The van der Waals surface area contributed by atoms with Crippen LogP contribution in [0.5, 0.6) is 0 Å². The molecule has 0 N–H and O–H groups in total. The molecule has 0 unspecified atom stereocenters. The number of carbonyl (C=O) groups excluding carboxylic acids is 1. The average molecular weight is 346 g/mol. The Morgan fingerprint density at radius 1 is 1.38 bits per heavy atom. The second-order valence-electron chi connectivity index (χ2n) is 5.05. The van der Waals surface area contributed by atoms with Crippen LogP contribution in [0.2, 0.25) is 0 Å². The number of amides is 1. The zero-order valence-corrected chi connectivity index (χ0v) is 14.6. The first-order valence-corrected chi connectivity index (χ1v) is 10.7. The molecule has 1 aromatic carbocycles. The highest BCUT2D eigenvalue weighted by Crippen LogP contribution is 2.23. The van der Waals surface area contributed by atoms with E-state index >= 15 is 0 Å².